The minimum absolute atomic E-state index is 0.540. The summed E-state index contributed by atoms with van der Waals surface area (Å²) >= 11 is 0. The SMILES string of the molecule is CCc1ccc(CC)oc(=O)ccc(=O)o1. The Balaban J connectivity index is 3.53. The van der Waals surface area contributed by atoms with Crippen LogP contribution in [0.15, 0.2) is 42.7 Å². The lowest BCUT2D eigenvalue weighted by molar-refractivity contribution is 0.454. The quantitative estimate of drug-likeness (QED) is 0.766. The van der Waals surface area contributed by atoms with Crippen molar-refractivity contribution in [2.24, 2.45) is 0 Å². The summed E-state index contributed by atoms with van der Waals surface area (Å²) in [6, 6.07) is 5.40. The van der Waals surface area contributed by atoms with E-state index in [0.29, 0.717) is 24.4 Å². The second-order valence-electron chi connectivity index (χ2n) is 3.15. The van der Waals surface area contributed by atoms with Crippen molar-refractivity contribution in [3.05, 3.63) is 56.6 Å². The summed E-state index contributed by atoms with van der Waals surface area (Å²) in [5.41, 5.74) is -1.14. The average Bonchev–Trinajstić information content (AvgIpc) is 2.29. The minimum atomic E-state index is -0.571. The van der Waals surface area contributed by atoms with Crippen molar-refractivity contribution >= 4 is 0 Å². The fourth-order valence-electron chi connectivity index (χ4n) is 1.10. The summed E-state index contributed by atoms with van der Waals surface area (Å²) in [5.74, 6) is 1.08. The zero-order chi connectivity index (χ0) is 12.0. The van der Waals surface area contributed by atoms with E-state index in [1.54, 1.807) is 12.1 Å². The maximum Gasteiger partial charge on any atom is 0.336 e. The van der Waals surface area contributed by atoms with Crippen molar-refractivity contribution < 1.29 is 8.83 Å². The topological polar surface area (TPSA) is 60.4 Å². The molecule has 0 saturated carbocycles. The van der Waals surface area contributed by atoms with Gasteiger partial charge in [0.1, 0.15) is 11.5 Å². The molecule has 0 aliphatic rings. The van der Waals surface area contributed by atoms with Crippen LogP contribution in [0.4, 0.5) is 0 Å². The van der Waals surface area contributed by atoms with Gasteiger partial charge < -0.3 is 8.83 Å². The molecule has 0 aliphatic heterocycles. The molecule has 4 heteroatoms. The maximum atomic E-state index is 11.2. The second kappa shape index (κ2) is 5.90. The van der Waals surface area contributed by atoms with Crippen LogP contribution < -0.4 is 11.3 Å². The molecule has 16 heavy (non-hydrogen) atoms. The lowest BCUT2D eigenvalue weighted by Gasteiger charge is -1.91. The third kappa shape index (κ3) is 3.73. The summed E-state index contributed by atoms with van der Waals surface area (Å²) < 4.78 is 10.0. The zero-order valence-corrected chi connectivity index (χ0v) is 9.36. The third-order valence-corrected chi connectivity index (χ3v) is 1.97. The van der Waals surface area contributed by atoms with Gasteiger partial charge in [0.25, 0.3) is 0 Å². The fraction of sp³-hybridized carbons (Fsp3) is 0.333. The van der Waals surface area contributed by atoms with Crippen LogP contribution in [-0.4, -0.2) is 0 Å². The molecular formula is C12H14O4. The molecule has 1 rings (SSSR count). The molecule has 0 amide bonds. The Morgan fingerprint density at radius 3 is 1.50 bits per heavy atom. The largest absolute Gasteiger partial charge is 0.428 e. The van der Waals surface area contributed by atoms with E-state index < -0.39 is 11.3 Å². The van der Waals surface area contributed by atoms with E-state index in [1.165, 1.54) is 0 Å². The summed E-state index contributed by atoms with van der Waals surface area (Å²) in [5, 5.41) is 0. The Hall–Kier alpha value is -1.84. The summed E-state index contributed by atoms with van der Waals surface area (Å²) in [6.45, 7) is 3.75. The molecule has 86 valence electrons. The van der Waals surface area contributed by atoms with Gasteiger partial charge in [0.05, 0.1) is 0 Å². The van der Waals surface area contributed by atoms with Crippen LogP contribution in [0.3, 0.4) is 0 Å². The van der Waals surface area contributed by atoms with E-state index >= 15 is 0 Å². The van der Waals surface area contributed by atoms with Crippen molar-refractivity contribution in [1.29, 1.82) is 0 Å². The molecule has 0 aliphatic carbocycles. The number of hydrogen-bond acceptors (Lipinski definition) is 4. The average molecular weight is 222 g/mol. The highest BCUT2D eigenvalue weighted by atomic mass is 16.4. The maximum absolute atomic E-state index is 11.2. The normalized spacial score (nSPS) is 9.62. The van der Waals surface area contributed by atoms with Gasteiger partial charge in [-0.15, -0.1) is 0 Å². The Bertz CT molecular complexity index is 462. The molecule has 0 radical (unpaired) electrons. The van der Waals surface area contributed by atoms with E-state index in [4.69, 9.17) is 8.83 Å². The number of hydrogen-bond donors (Lipinski definition) is 0. The standard InChI is InChI=1S/C12H14O4/c1-3-9-5-6-10(4-2)16-12(14)8-7-11(13)15-9/h5-8H,3-4H2,1-2H3. The summed E-state index contributed by atoms with van der Waals surface area (Å²) in [7, 11) is 0. The van der Waals surface area contributed by atoms with Gasteiger partial charge in [-0.3, -0.25) is 0 Å². The monoisotopic (exact) mass is 222 g/mol. The van der Waals surface area contributed by atoms with Crippen LogP contribution in [0.2, 0.25) is 0 Å². The van der Waals surface area contributed by atoms with Crippen molar-refractivity contribution in [1.82, 2.24) is 0 Å². The van der Waals surface area contributed by atoms with Crippen molar-refractivity contribution in [3.8, 4) is 0 Å². The Kier molecular flexibility index (Phi) is 4.51. The van der Waals surface area contributed by atoms with E-state index in [1.807, 2.05) is 13.8 Å². The predicted octanol–water partition coefficient (Wildman–Crippen LogP) is 1.84. The van der Waals surface area contributed by atoms with E-state index in [9.17, 15) is 9.59 Å². The Morgan fingerprint density at radius 1 is 0.812 bits per heavy atom. The van der Waals surface area contributed by atoms with Crippen LogP contribution in [0.5, 0.6) is 0 Å². The molecular weight excluding hydrogens is 208 g/mol. The van der Waals surface area contributed by atoms with E-state index in [0.717, 1.165) is 12.1 Å². The number of aryl methyl sites for hydroxylation is 2. The molecule has 0 atom stereocenters. The molecule has 0 saturated heterocycles. The van der Waals surface area contributed by atoms with Crippen LogP contribution in [0.1, 0.15) is 25.4 Å². The summed E-state index contributed by atoms with van der Waals surface area (Å²) in [4.78, 5) is 22.4. The van der Waals surface area contributed by atoms with Gasteiger partial charge in [-0.25, -0.2) is 9.59 Å². The highest BCUT2D eigenvalue weighted by Gasteiger charge is 1.92. The molecule has 0 spiro atoms. The van der Waals surface area contributed by atoms with Crippen LogP contribution in [0.25, 0.3) is 0 Å². The Morgan fingerprint density at radius 2 is 1.19 bits per heavy atom. The van der Waals surface area contributed by atoms with Crippen molar-refractivity contribution in [3.63, 3.8) is 0 Å². The minimum Gasteiger partial charge on any atom is -0.428 e. The fourth-order valence-corrected chi connectivity index (χ4v) is 1.10. The molecule has 0 N–H and O–H groups in total. The van der Waals surface area contributed by atoms with E-state index in [-0.39, 0.29) is 0 Å². The molecule has 4 nitrogen and oxygen atoms in total. The zero-order valence-electron chi connectivity index (χ0n) is 9.36. The van der Waals surface area contributed by atoms with Crippen LogP contribution in [0, 0.1) is 0 Å². The third-order valence-electron chi connectivity index (χ3n) is 1.97. The lowest BCUT2D eigenvalue weighted by Crippen LogP contribution is -2.00. The van der Waals surface area contributed by atoms with Gasteiger partial charge >= 0.3 is 11.3 Å². The first kappa shape index (κ1) is 12.2. The lowest BCUT2D eigenvalue weighted by atomic mass is 10.3. The van der Waals surface area contributed by atoms with Gasteiger partial charge in [0.2, 0.25) is 0 Å². The molecule has 1 heterocycles. The van der Waals surface area contributed by atoms with Gasteiger partial charge in [0, 0.05) is 25.0 Å². The van der Waals surface area contributed by atoms with Gasteiger partial charge in [-0.1, -0.05) is 13.8 Å². The molecule has 0 fully saturated rings. The first-order valence-electron chi connectivity index (χ1n) is 5.17. The highest BCUT2D eigenvalue weighted by Crippen LogP contribution is 1.97. The molecule has 1 aromatic heterocycles. The van der Waals surface area contributed by atoms with Crippen LogP contribution >= 0.6 is 0 Å². The van der Waals surface area contributed by atoms with Crippen LogP contribution in [-0.2, 0) is 12.8 Å². The van der Waals surface area contributed by atoms with E-state index in [2.05, 4.69) is 0 Å². The highest BCUT2D eigenvalue weighted by molar-refractivity contribution is 5.01. The molecule has 0 bridgehead atoms. The smallest absolute Gasteiger partial charge is 0.336 e. The first-order chi connectivity index (χ1) is 7.65. The summed E-state index contributed by atoms with van der Waals surface area (Å²) in [6.07, 6.45) is 1.20. The first-order valence-corrected chi connectivity index (χ1v) is 5.17. The van der Waals surface area contributed by atoms with Crippen molar-refractivity contribution in [2.45, 2.75) is 26.7 Å². The molecule has 0 aromatic carbocycles. The Labute approximate surface area is 92.9 Å². The predicted molar refractivity (Wildman–Crippen MR) is 59.9 cm³/mol. The van der Waals surface area contributed by atoms with Crippen molar-refractivity contribution in [2.75, 3.05) is 0 Å². The van der Waals surface area contributed by atoms with Gasteiger partial charge in [-0.05, 0) is 12.1 Å². The molecule has 1 aromatic rings. The van der Waals surface area contributed by atoms with Gasteiger partial charge in [0.15, 0.2) is 0 Å². The second-order valence-corrected chi connectivity index (χ2v) is 3.15. The number of rotatable bonds is 2. The molecule has 0 unspecified atom stereocenters. The van der Waals surface area contributed by atoms with Gasteiger partial charge in [-0.2, -0.15) is 0 Å².